The van der Waals surface area contributed by atoms with Gasteiger partial charge in [0.05, 0.1) is 6.54 Å². The van der Waals surface area contributed by atoms with Crippen LogP contribution in [0.25, 0.3) is 0 Å². The SMILES string of the molecule is O=CCNCCC1C=CN=CC1. The summed E-state index contributed by atoms with van der Waals surface area (Å²) in [4.78, 5) is 13.9. The largest absolute Gasteiger partial charge is 0.310 e. The fourth-order valence-corrected chi connectivity index (χ4v) is 1.17. The molecular formula is C9H14N2O. The monoisotopic (exact) mass is 166 g/mol. The average molecular weight is 166 g/mol. The van der Waals surface area contributed by atoms with Gasteiger partial charge in [0, 0.05) is 12.4 Å². The molecule has 1 aliphatic heterocycles. The Kier molecular flexibility index (Phi) is 4.31. The molecule has 0 fully saturated rings. The van der Waals surface area contributed by atoms with E-state index in [0.29, 0.717) is 12.5 Å². The predicted molar refractivity (Wildman–Crippen MR) is 49.3 cm³/mol. The first-order valence-electron chi connectivity index (χ1n) is 4.26. The topological polar surface area (TPSA) is 41.5 Å². The number of rotatable bonds is 5. The van der Waals surface area contributed by atoms with Crippen LogP contribution in [0.5, 0.6) is 0 Å². The Morgan fingerprint density at radius 3 is 3.25 bits per heavy atom. The molecule has 3 nitrogen and oxygen atoms in total. The van der Waals surface area contributed by atoms with E-state index in [1.807, 2.05) is 12.4 Å². The third-order valence-corrected chi connectivity index (χ3v) is 1.88. The van der Waals surface area contributed by atoms with Crippen molar-refractivity contribution in [3.05, 3.63) is 12.3 Å². The molecule has 0 spiro atoms. The van der Waals surface area contributed by atoms with E-state index < -0.39 is 0 Å². The molecule has 0 aromatic carbocycles. The van der Waals surface area contributed by atoms with E-state index in [-0.39, 0.29) is 0 Å². The second-order valence-corrected chi connectivity index (χ2v) is 2.83. The van der Waals surface area contributed by atoms with E-state index in [9.17, 15) is 4.79 Å². The molecule has 0 aliphatic carbocycles. The van der Waals surface area contributed by atoms with Crippen molar-refractivity contribution in [3.63, 3.8) is 0 Å². The minimum Gasteiger partial charge on any atom is -0.310 e. The maximum absolute atomic E-state index is 9.96. The van der Waals surface area contributed by atoms with Crippen LogP contribution in [0.3, 0.4) is 0 Å². The van der Waals surface area contributed by atoms with E-state index in [4.69, 9.17) is 0 Å². The van der Waals surface area contributed by atoms with Gasteiger partial charge < -0.3 is 10.1 Å². The van der Waals surface area contributed by atoms with Gasteiger partial charge in [-0.25, -0.2) is 0 Å². The Labute approximate surface area is 72.6 Å². The molecule has 1 aliphatic rings. The Bertz CT molecular complexity index is 187. The number of carbonyl (C=O) groups is 1. The smallest absolute Gasteiger partial charge is 0.133 e. The Hall–Kier alpha value is -0.960. The minimum atomic E-state index is 0.463. The maximum atomic E-state index is 9.96. The zero-order valence-electron chi connectivity index (χ0n) is 7.07. The van der Waals surface area contributed by atoms with Crippen molar-refractivity contribution in [1.82, 2.24) is 5.32 Å². The Balaban J connectivity index is 2.03. The van der Waals surface area contributed by atoms with Crippen molar-refractivity contribution in [1.29, 1.82) is 0 Å². The summed E-state index contributed by atoms with van der Waals surface area (Å²) in [5.74, 6) is 0.599. The zero-order valence-corrected chi connectivity index (χ0v) is 7.07. The number of hydrogen-bond donors (Lipinski definition) is 1. The van der Waals surface area contributed by atoms with E-state index in [2.05, 4.69) is 16.4 Å². The highest BCUT2D eigenvalue weighted by Gasteiger charge is 2.04. The number of nitrogens with one attached hydrogen (secondary N) is 1. The molecule has 0 amide bonds. The highest BCUT2D eigenvalue weighted by atomic mass is 16.1. The standard InChI is InChI=1S/C9H14N2O/c12-8-7-11-6-3-9-1-4-10-5-2-9/h1,4-5,8-9,11H,2-3,6-7H2. The average Bonchev–Trinajstić information content (AvgIpc) is 2.14. The van der Waals surface area contributed by atoms with Gasteiger partial charge in [-0.15, -0.1) is 0 Å². The van der Waals surface area contributed by atoms with Gasteiger partial charge in [0.1, 0.15) is 6.29 Å². The van der Waals surface area contributed by atoms with Crippen LogP contribution in [0.4, 0.5) is 0 Å². The highest BCUT2D eigenvalue weighted by molar-refractivity contribution is 5.60. The Morgan fingerprint density at radius 1 is 1.67 bits per heavy atom. The predicted octanol–water partition coefficient (Wildman–Crippen LogP) is 0.769. The molecule has 0 saturated heterocycles. The van der Waals surface area contributed by atoms with Crippen molar-refractivity contribution in [3.8, 4) is 0 Å². The van der Waals surface area contributed by atoms with Crippen molar-refractivity contribution in [2.45, 2.75) is 12.8 Å². The lowest BCUT2D eigenvalue weighted by atomic mass is 10.0. The normalized spacial score (nSPS) is 21.2. The summed E-state index contributed by atoms with van der Waals surface area (Å²) in [6.45, 7) is 1.37. The fraction of sp³-hybridized carbons (Fsp3) is 0.556. The first-order valence-corrected chi connectivity index (χ1v) is 4.26. The molecule has 0 radical (unpaired) electrons. The molecule has 0 aromatic heterocycles. The van der Waals surface area contributed by atoms with Crippen LogP contribution in [-0.2, 0) is 4.79 Å². The van der Waals surface area contributed by atoms with Crippen molar-refractivity contribution in [2.75, 3.05) is 13.1 Å². The summed E-state index contributed by atoms with van der Waals surface area (Å²) in [6, 6.07) is 0. The van der Waals surface area contributed by atoms with Gasteiger partial charge >= 0.3 is 0 Å². The van der Waals surface area contributed by atoms with Gasteiger partial charge in [0.25, 0.3) is 0 Å². The summed E-state index contributed by atoms with van der Waals surface area (Å²) in [5, 5.41) is 3.04. The highest BCUT2D eigenvalue weighted by Crippen LogP contribution is 2.11. The number of nitrogens with zero attached hydrogens (tertiary/aromatic N) is 1. The summed E-state index contributed by atoms with van der Waals surface area (Å²) in [6.07, 6.45) is 8.88. The third kappa shape index (κ3) is 3.44. The first kappa shape index (κ1) is 9.13. The van der Waals surface area contributed by atoms with E-state index in [0.717, 1.165) is 25.7 Å². The minimum absolute atomic E-state index is 0.463. The maximum Gasteiger partial charge on any atom is 0.133 e. The Morgan fingerprint density at radius 2 is 2.58 bits per heavy atom. The molecule has 66 valence electrons. The molecule has 1 rings (SSSR count). The van der Waals surface area contributed by atoms with E-state index >= 15 is 0 Å². The lowest BCUT2D eigenvalue weighted by molar-refractivity contribution is -0.107. The number of aldehydes is 1. The lowest BCUT2D eigenvalue weighted by Crippen LogP contribution is -2.20. The van der Waals surface area contributed by atoms with Crippen LogP contribution in [0.1, 0.15) is 12.8 Å². The summed E-state index contributed by atoms with van der Waals surface area (Å²) in [5.41, 5.74) is 0. The summed E-state index contributed by atoms with van der Waals surface area (Å²) < 4.78 is 0. The van der Waals surface area contributed by atoms with Gasteiger partial charge in [-0.2, -0.15) is 0 Å². The molecule has 0 saturated carbocycles. The van der Waals surface area contributed by atoms with Crippen LogP contribution in [0.15, 0.2) is 17.3 Å². The number of aliphatic imine (C=N–C) groups is 1. The number of allylic oxidation sites excluding steroid dienone is 1. The fourth-order valence-electron chi connectivity index (χ4n) is 1.17. The lowest BCUT2D eigenvalue weighted by Gasteiger charge is -2.11. The second-order valence-electron chi connectivity index (χ2n) is 2.83. The molecule has 0 bridgehead atoms. The quantitative estimate of drug-likeness (QED) is 0.484. The third-order valence-electron chi connectivity index (χ3n) is 1.88. The molecule has 0 aromatic rings. The van der Waals surface area contributed by atoms with Crippen LogP contribution >= 0.6 is 0 Å². The van der Waals surface area contributed by atoms with Gasteiger partial charge in [0.2, 0.25) is 0 Å². The van der Waals surface area contributed by atoms with Gasteiger partial charge in [-0.3, -0.25) is 4.99 Å². The summed E-state index contributed by atoms with van der Waals surface area (Å²) in [7, 11) is 0. The second kappa shape index (κ2) is 5.66. The molecular weight excluding hydrogens is 152 g/mol. The van der Waals surface area contributed by atoms with E-state index in [1.165, 1.54) is 0 Å². The summed E-state index contributed by atoms with van der Waals surface area (Å²) >= 11 is 0. The van der Waals surface area contributed by atoms with Crippen molar-refractivity contribution in [2.24, 2.45) is 10.9 Å². The van der Waals surface area contributed by atoms with Crippen LogP contribution in [-0.4, -0.2) is 25.6 Å². The molecule has 1 atom stereocenters. The van der Waals surface area contributed by atoms with Gasteiger partial charge in [-0.05, 0) is 25.3 Å². The van der Waals surface area contributed by atoms with Gasteiger partial charge in [-0.1, -0.05) is 6.08 Å². The molecule has 12 heavy (non-hydrogen) atoms. The van der Waals surface area contributed by atoms with Crippen molar-refractivity contribution < 1.29 is 4.79 Å². The molecule has 1 heterocycles. The van der Waals surface area contributed by atoms with Crippen molar-refractivity contribution >= 4 is 12.5 Å². The van der Waals surface area contributed by atoms with Crippen LogP contribution < -0.4 is 5.32 Å². The molecule has 3 heteroatoms. The molecule has 1 N–H and O–H groups in total. The first-order chi connectivity index (χ1) is 5.93. The zero-order chi connectivity index (χ0) is 8.65. The van der Waals surface area contributed by atoms with E-state index in [1.54, 1.807) is 0 Å². The number of carbonyl (C=O) groups excluding carboxylic acids is 1. The van der Waals surface area contributed by atoms with Crippen LogP contribution in [0, 0.1) is 5.92 Å². The van der Waals surface area contributed by atoms with Crippen LogP contribution in [0.2, 0.25) is 0 Å². The van der Waals surface area contributed by atoms with Gasteiger partial charge in [0.15, 0.2) is 0 Å². The number of hydrogen-bond acceptors (Lipinski definition) is 3. The molecule has 1 unspecified atom stereocenters.